The van der Waals surface area contributed by atoms with Crippen molar-refractivity contribution in [2.45, 2.75) is 26.4 Å². The third-order valence-corrected chi connectivity index (χ3v) is 3.68. The van der Waals surface area contributed by atoms with Gasteiger partial charge in [0, 0.05) is 24.2 Å². The van der Waals surface area contributed by atoms with Crippen LogP contribution in [0.3, 0.4) is 0 Å². The minimum absolute atomic E-state index is 0.0486. The number of aryl methyl sites for hydroxylation is 2. The van der Waals surface area contributed by atoms with Crippen LogP contribution in [-0.4, -0.2) is 31.9 Å². The van der Waals surface area contributed by atoms with Gasteiger partial charge in [0.1, 0.15) is 22.8 Å². The summed E-state index contributed by atoms with van der Waals surface area (Å²) in [5.41, 5.74) is -0.318. The zero-order chi connectivity index (χ0) is 16.6. The molecule has 3 heterocycles. The van der Waals surface area contributed by atoms with Crippen LogP contribution >= 0.6 is 0 Å². The van der Waals surface area contributed by atoms with E-state index in [9.17, 15) is 9.90 Å². The molecule has 1 unspecified atom stereocenters. The highest BCUT2D eigenvalue weighted by molar-refractivity contribution is 5.92. The topological polar surface area (TPSA) is 92.7 Å². The number of nitrogens with one attached hydrogen (secondary N) is 1. The summed E-state index contributed by atoms with van der Waals surface area (Å²) in [5.74, 6) is 1.44. The largest absolute Gasteiger partial charge is 0.466 e. The second-order valence-electron chi connectivity index (χ2n) is 5.74. The maximum atomic E-state index is 12.2. The molecule has 1 amide bonds. The molecule has 0 fully saturated rings. The minimum Gasteiger partial charge on any atom is -0.466 e. The molecule has 0 saturated carbocycles. The Hall–Kier alpha value is -2.67. The number of fused-ring (bicyclic) bond motifs is 1. The molecule has 120 valence electrons. The molecule has 0 radical (unpaired) electrons. The Morgan fingerprint density at radius 2 is 2.26 bits per heavy atom. The smallest absolute Gasteiger partial charge is 0.271 e. The van der Waals surface area contributed by atoms with Crippen molar-refractivity contribution >= 4 is 11.7 Å². The molecule has 0 aliphatic heterocycles. The number of aromatic nitrogens is 3. The van der Waals surface area contributed by atoms with E-state index in [1.54, 1.807) is 49.0 Å². The summed E-state index contributed by atoms with van der Waals surface area (Å²) >= 11 is 0. The normalized spacial score (nSPS) is 13.9. The van der Waals surface area contributed by atoms with Crippen LogP contribution < -0.4 is 5.32 Å². The van der Waals surface area contributed by atoms with E-state index in [4.69, 9.17) is 4.42 Å². The number of aliphatic hydroxyl groups is 1. The van der Waals surface area contributed by atoms with Crippen molar-refractivity contribution in [2.24, 2.45) is 0 Å². The first-order valence-electron chi connectivity index (χ1n) is 7.24. The first-order valence-corrected chi connectivity index (χ1v) is 7.24. The predicted molar refractivity (Wildman–Crippen MR) is 83.1 cm³/mol. The maximum absolute atomic E-state index is 12.2. The first kappa shape index (κ1) is 15.2. The van der Waals surface area contributed by atoms with Gasteiger partial charge in [-0.15, -0.1) is 0 Å². The lowest BCUT2D eigenvalue weighted by Gasteiger charge is -2.23. The Labute approximate surface area is 133 Å². The lowest BCUT2D eigenvalue weighted by molar-refractivity contribution is 0.0513. The first-order chi connectivity index (χ1) is 10.9. The van der Waals surface area contributed by atoms with Crippen LogP contribution in [0, 0.1) is 13.8 Å². The zero-order valence-electron chi connectivity index (χ0n) is 13.2. The molecule has 0 spiro atoms. The van der Waals surface area contributed by atoms with Crippen LogP contribution in [0.5, 0.6) is 0 Å². The molecule has 0 aliphatic carbocycles. The number of imidazole rings is 1. The van der Waals surface area contributed by atoms with Gasteiger partial charge in [-0.3, -0.25) is 9.20 Å². The SMILES string of the molecule is Cc1cc(C(C)(O)CNC(=O)c2cn3cccnc3n2)c(C)o1. The van der Waals surface area contributed by atoms with E-state index in [-0.39, 0.29) is 18.1 Å². The number of carbonyl (C=O) groups excluding carboxylic acids is 1. The van der Waals surface area contributed by atoms with Gasteiger partial charge in [0.2, 0.25) is 5.78 Å². The fourth-order valence-electron chi connectivity index (χ4n) is 2.54. The van der Waals surface area contributed by atoms with Gasteiger partial charge in [-0.25, -0.2) is 9.97 Å². The van der Waals surface area contributed by atoms with Crippen LogP contribution in [0.2, 0.25) is 0 Å². The van der Waals surface area contributed by atoms with Crippen molar-refractivity contribution in [3.63, 3.8) is 0 Å². The van der Waals surface area contributed by atoms with Crippen LogP contribution in [0.25, 0.3) is 5.78 Å². The van der Waals surface area contributed by atoms with Crippen LogP contribution in [0.4, 0.5) is 0 Å². The van der Waals surface area contributed by atoms with Gasteiger partial charge < -0.3 is 14.8 Å². The standard InChI is InChI=1S/C16H18N4O3/c1-10-7-12(11(2)23-10)16(3,22)9-18-14(21)13-8-20-6-4-5-17-15(20)19-13/h4-8,22H,9H2,1-3H3,(H,18,21). The summed E-state index contributed by atoms with van der Waals surface area (Å²) in [6.45, 7) is 5.28. The van der Waals surface area contributed by atoms with Gasteiger partial charge in [-0.2, -0.15) is 0 Å². The van der Waals surface area contributed by atoms with Crippen LogP contribution in [0.15, 0.2) is 35.1 Å². The van der Waals surface area contributed by atoms with Crippen LogP contribution in [0.1, 0.15) is 34.5 Å². The van der Waals surface area contributed by atoms with E-state index < -0.39 is 5.60 Å². The summed E-state index contributed by atoms with van der Waals surface area (Å²) in [5, 5.41) is 13.3. The molecule has 0 bridgehead atoms. The van der Waals surface area contributed by atoms with Gasteiger partial charge in [-0.1, -0.05) is 0 Å². The van der Waals surface area contributed by atoms with Crippen molar-refractivity contribution < 1.29 is 14.3 Å². The molecule has 0 aromatic carbocycles. The average molecular weight is 314 g/mol. The van der Waals surface area contributed by atoms with E-state index >= 15 is 0 Å². The second kappa shape index (κ2) is 5.51. The third-order valence-electron chi connectivity index (χ3n) is 3.68. The van der Waals surface area contributed by atoms with E-state index in [0.717, 1.165) is 5.76 Å². The fraction of sp³-hybridized carbons (Fsp3) is 0.312. The van der Waals surface area contributed by atoms with E-state index in [2.05, 4.69) is 15.3 Å². The van der Waals surface area contributed by atoms with Gasteiger partial charge in [0.25, 0.3) is 5.91 Å². The quantitative estimate of drug-likeness (QED) is 0.762. The molecule has 2 N–H and O–H groups in total. The van der Waals surface area contributed by atoms with E-state index in [0.29, 0.717) is 17.1 Å². The number of hydrogen-bond acceptors (Lipinski definition) is 5. The summed E-state index contributed by atoms with van der Waals surface area (Å²) in [6.07, 6.45) is 4.97. The molecule has 3 aromatic rings. The molecule has 1 atom stereocenters. The summed E-state index contributed by atoms with van der Waals surface area (Å²) < 4.78 is 7.10. The van der Waals surface area contributed by atoms with Crippen molar-refractivity contribution in [3.8, 4) is 0 Å². The summed E-state index contributed by atoms with van der Waals surface area (Å²) in [7, 11) is 0. The Balaban J connectivity index is 1.74. The number of rotatable bonds is 4. The Bertz CT molecular complexity index is 830. The van der Waals surface area contributed by atoms with Crippen molar-refractivity contribution in [1.29, 1.82) is 0 Å². The molecule has 23 heavy (non-hydrogen) atoms. The lowest BCUT2D eigenvalue weighted by Crippen LogP contribution is -2.38. The number of hydrogen-bond donors (Lipinski definition) is 2. The van der Waals surface area contributed by atoms with Crippen molar-refractivity contribution in [1.82, 2.24) is 19.7 Å². The zero-order valence-corrected chi connectivity index (χ0v) is 13.2. The Morgan fingerprint density at radius 1 is 1.48 bits per heavy atom. The highest BCUT2D eigenvalue weighted by atomic mass is 16.3. The monoisotopic (exact) mass is 314 g/mol. The highest BCUT2D eigenvalue weighted by Gasteiger charge is 2.28. The van der Waals surface area contributed by atoms with E-state index in [1.807, 2.05) is 6.92 Å². The Morgan fingerprint density at radius 3 is 2.91 bits per heavy atom. The van der Waals surface area contributed by atoms with Crippen molar-refractivity contribution in [3.05, 3.63) is 53.5 Å². The average Bonchev–Trinajstić information content (AvgIpc) is 3.08. The predicted octanol–water partition coefficient (Wildman–Crippen LogP) is 1.58. The number of furan rings is 1. The lowest BCUT2D eigenvalue weighted by atomic mass is 9.96. The number of nitrogens with zero attached hydrogens (tertiary/aromatic N) is 3. The van der Waals surface area contributed by atoms with Gasteiger partial charge in [0.05, 0.1) is 6.54 Å². The van der Waals surface area contributed by atoms with Gasteiger partial charge in [0.15, 0.2) is 0 Å². The molecule has 0 saturated heterocycles. The molecule has 3 aromatic heterocycles. The highest BCUT2D eigenvalue weighted by Crippen LogP contribution is 2.26. The molecule has 3 rings (SSSR count). The molecule has 7 nitrogen and oxygen atoms in total. The number of amides is 1. The Kier molecular flexibility index (Phi) is 3.65. The van der Waals surface area contributed by atoms with E-state index in [1.165, 1.54) is 0 Å². The maximum Gasteiger partial charge on any atom is 0.271 e. The van der Waals surface area contributed by atoms with Gasteiger partial charge >= 0.3 is 0 Å². The molecule has 0 aliphatic rings. The summed E-state index contributed by atoms with van der Waals surface area (Å²) in [6, 6.07) is 3.53. The fourth-order valence-corrected chi connectivity index (χ4v) is 2.54. The van der Waals surface area contributed by atoms with Gasteiger partial charge in [-0.05, 0) is 32.9 Å². The molecule has 7 heteroatoms. The second-order valence-corrected chi connectivity index (χ2v) is 5.74. The number of carbonyl (C=O) groups is 1. The van der Waals surface area contributed by atoms with Crippen molar-refractivity contribution in [2.75, 3.05) is 6.54 Å². The summed E-state index contributed by atoms with van der Waals surface area (Å²) in [4.78, 5) is 20.4. The minimum atomic E-state index is -1.23. The third kappa shape index (κ3) is 2.95. The van der Waals surface area contributed by atoms with Crippen LogP contribution in [-0.2, 0) is 5.60 Å². The molecular weight excluding hydrogens is 296 g/mol. The molecular formula is C16H18N4O3.